The van der Waals surface area contributed by atoms with Gasteiger partial charge in [-0.15, -0.1) is 0 Å². The van der Waals surface area contributed by atoms with Gasteiger partial charge in [0, 0.05) is 34.3 Å². The molecule has 2 nitrogen and oxygen atoms in total. The topological polar surface area (TPSA) is 24.9 Å². The average molecular weight is 295 g/mol. The molecule has 19 heavy (non-hydrogen) atoms. The molecule has 1 N–H and O–H groups in total. The third-order valence-corrected chi connectivity index (χ3v) is 3.92. The highest BCUT2D eigenvalue weighted by atomic mass is 35.5. The fraction of sp³-hybridized carbons (Fsp3) is 0.400. The van der Waals surface area contributed by atoms with Crippen LogP contribution < -0.4 is 5.32 Å². The molecule has 1 heterocycles. The summed E-state index contributed by atoms with van der Waals surface area (Å²) in [7, 11) is 0. The first-order valence-corrected chi connectivity index (χ1v) is 7.48. The molecular weight excluding hydrogens is 279 g/mol. The minimum absolute atomic E-state index is 0.615. The van der Waals surface area contributed by atoms with E-state index in [1.807, 2.05) is 6.07 Å². The summed E-state index contributed by atoms with van der Waals surface area (Å²) in [5.74, 6) is 0.615. The highest BCUT2D eigenvalue weighted by molar-refractivity contribution is 6.39. The van der Waals surface area contributed by atoms with E-state index in [4.69, 9.17) is 28.2 Å². The molecule has 1 aliphatic rings. The molecule has 0 atom stereocenters. The predicted octanol–water partition coefficient (Wildman–Crippen LogP) is 5.24. The Bertz CT molecular complexity index is 621. The second kappa shape index (κ2) is 5.18. The first kappa shape index (κ1) is 13.0. The van der Waals surface area contributed by atoms with Gasteiger partial charge in [-0.1, -0.05) is 30.1 Å². The molecule has 0 amide bonds. The van der Waals surface area contributed by atoms with E-state index < -0.39 is 0 Å². The van der Waals surface area contributed by atoms with Crippen LogP contribution in [0.15, 0.2) is 18.2 Å². The number of rotatable bonds is 4. The van der Waals surface area contributed by atoms with E-state index in [-0.39, 0.29) is 0 Å². The van der Waals surface area contributed by atoms with Crippen molar-refractivity contribution >= 4 is 39.8 Å². The molecule has 2 aromatic rings. The van der Waals surface area contributed by atoms with Gasteiger partial charge >= 0.3 is 0 Å². The third kappa shape index (κ3) is 2.65. The molecule has 1 aromatic carbocycles. The zero-order chi connectivity index (χ0) is 13.4. The van der Waals surface area contributed by atoms with E-state index >= 15 is 0 Å². The Morgan fingerprint density at radius 2 is 2.05 bits per heavy atom. The summed E-state index contributed by atoms with van der Waals surface area (Å²) in [5.41, 5.74) is 3.13. The largest absolute Gasteiger partial charge is 0.384 e. The van der Waals surface area contributed by atoms with Gasteiger partial charge in [-0.3, -0.25) is 4.98 Å². The van der Waals surface area contributed by atoms with Crippen molar-refractivity contribution in [1.82, 2.24) is 4.98 Å². The summed E-state index contributed by atoms with van der Waals surface area (Å²) in [5, 5.41) is 5.73. The summed E-state index contributed by atoms with van der Waals surface area (Å²) in [6.45, 7) is 3.08. The van der Waals surface area contributed by atoms with Crippen molar-refractivity contribution in [2.24, 2.45) is 0 Å². The molecule has 0 saturated heterocycles. The van der Waals surface area contributed by atoms with Crippen LogP contribution in [0.5, 0.6) is 0 Å². The summed E-state index contributed by atoms with van der Waals surface area (Å²) in [6, 6.07) is 5.82. The monoisotopic (exact) mass is 294 g/mol. The Kier molecular flexibility index (Phi) is 3.55. The number of benzene rings is 1. The second-order valence-corrected chi connectivity index (χ2v) is 5.92. The van der Waals surface area contributed by atoms with Crippen molar-refractivity contribution < 1.29 is 0 Å². The van der Waals surface area contributed by atoms with E-state index in [2.05, 4.69) is 18.3 Å². The van der Waals surface area contributed by atoms with Crippen LogP contribution in [0.4, 0.5) is 5.69 Å². The van der Waals surface area contributed by atoms with E-state index in [1.54, 1.807) is 6.07 Å². The van der Waals surface area contributed by atoms with Crippen LogP contribution >= 0.6 is 23.2 Å². The molecule has 4 heteroatoms. The van der Waals surface area contributed by atoms with Crippen LogP contribution in [0.2, 0.25) is 10.0 Å². The van der Waals surface area contributed by atoms with E-state index in [0.717, 1.165) is 35.2 Å². The Hall–Kier alpha value is -0.990. The van der Waals surface area contributed by atoms with Gasteiger partial charge in [-0.2, -0.15) is 0 Å². The number of anilines is 1. The second-order valence-electron chi connectivity index (χ2n) is 5.08. The van der Waals surface area contributed by atoms with Crippen molar-refractivity contribution in [2.75, 3.05) is 11.9 Å². The first-order chi connectivity index (χ1) is 9.19. The lowest BCUT2D eigenvalue weighted by molar-refractivity contribution is 0.976. The van der Waals surface area contributed by atoms with E-state index in [9.17, 15) is 0 Å². The number of aromatic nitrogens is 1. The van der Waals surface area contributed by atoms with Crippen LogP contribution in [-0.2, 0) is 0 Å². The number of hydrogen-bond donors (Lipinski definition) is 1. The van der Waals surface area contributed by atoms with Crippen LogP contribution in [0.1, 0.15) is 37.8 Å². The molecular formula is C15H16Cl2N2. The minimum atomic E-state index is 0.615. The lowest BCUT2D eigenvalue weighted by atomic mass is 10.1. The SMILES string of the molecule is CCCNc1cc(C2CC2)nc2cc(Cl)cc(Cl)c12. The number of nitrogens with zero attached hydrogens (tertiary/aromatic N) is 1. The van der Waals surface area contributed by atoms with Gasteiger partial charge in [0.25, 0.3) is 0 Å². The average Bonchev–Trinajstić information content (AvgIpc) is 3.18. The molecule has 0 aliphatic heterocycles. The van der Waals surface area contributed by atoms with Crippen LogP contribution in [-0.4, -0.2) is 11.5 Å². The van der Waals surface area contributed by atoms with Crippen LogP contribution in [0.3, 0.4) is 0 Å². The first-order valence-electron chi connectivity index (χ1n) is 6.72. The number of hydrogen-bond acceptors (Lipinski definition) is 2. The molecule has 0 spiro atoms. The molecule has 1 fully saturated rings. The molecule has 0 radical (unpaired) electrons. The normalized spacial score (nSPS) is 14.9. The Morgan fingerprint density at radius 3 is 2.74 bits per heavy atom. The van der Waals surface area contributed by atoms with Gasteiger partial charge in [-0.25, -0.2) is 0 Å². The van der Waals surface area contributed by atoms with Crippen LogP contribution in [0, 0.1) is 0 Å². The van der Waals surface area contributed by atoms with Gasteiger partial charge in [-0.05, 0) is 37.5 Å². The zero-order valence-electron chi connectivity index (χ0n) is 10.8. The standard InChI is InChI=1S/C15H16Cl2N2/c1-2-5-18-13-8-12(9-3-4-9)19-14-7-10(16)6-11(17)15(13)14/h6-9H,2-5H2,1H3,(H,18,19). The Balaban J connectivity index is 2.17. The summed E-state index contributed by atoms with van der Waals surface area (Å²) >= 11 is 12.4. The zero-order valence-corrected chi connectivity index (χ0v) is 12.4. The van der Waals surface area contributed by atoms with E-state index in [0.29, 0.717) is 16.0 Å². The summed E-state index contributed by atoms with van der Waals surface area (Å²) in [6.07, 6.45) is 3.55. The maximum Gasteiger partial charge on any atom is 0.0756 e. The maximum absolute atomic E-state index is 6.33. The maximum atomic E-state index is 6.33. The van der Waals surface area contributed by atoms with Gasteiger partial charge in [0.15, 0.2) is 0 Å². The number of fused-ring (bicyclic) bond motifs is 1. The smallest absolute Gasteiger partial charge is 0.0756 e. The lowest BCUT2D eigenvalue weighted by Gasteiger charge is -2.12. The van der Waals surface area contributed by atoms with Gasteiger partial charge < -0.3 is 5.32 Å². The van der Waals surface area contributed by atoms with Crippen LogP contribution in [0.25, 0.3) is 10.9 Å². The lowest BCUT2D eigenvalue weighted by Crippen LogP contribution is -2.02. The van der Waals surface area contributed by atoms with Crippen molar-refractivity contribution in [2.45, 2.75) is 32.1 Å². The molecule has 1 aromatic heterocycles. The summed E-state index contributed by atoms with van der Waals surface area (Å²) in [4.78, 5) is 4.72. The minimum Gasteiger partial charge on any atom is -0.384 e. The van der Waals surface area contributed by atoms with Gasteiger partial charge in [0.2, 0.25) is 0 Å². The fourth-order valence-electron chi connectivity index (χ4n) is 2.29. The number of pyridine rings is 1. The van der Waals surface area contributed by atoms with Crippen molar-refractivity contribution in [3.05, 3.63) is 33.9 Å². The van der Waals surface area contributed by atoms with Crippen molar-refractivity contribution in [1.29, 1.82) is 0 Å². The molecule has 3 rings (SSSR count). The number of halogens is 2. The predicted molar refractivity (Wildman–Crippen MR) is 82.5 cm³/mol. The third-order valence-electron chi connectivity index (χ3n) is 3.41. The highest BCUT2D eigenvalue weighted by Crippen LogP contribution is 2.42. The molecule has 1 saturated carbocycles. The fourth-order valence-corrected chi connectivity index (χ4v) is 2.88. The number of nitrogens with one attached hydrogen (secondary N) is 1. The molecule has 0 unspecified atom stereocenters. The van der Waals surface area contributed by atoms with Crippen molar-refractivity contribution in [3.8, 4) is 0 Å². The van der Waals surface area contributed by atoms with Gasteiger partial charge in [0.1, 0.15) is 0 Å². The molecule has 1 aliphatic carbocycles. The van der Waals surface area contributed by atoms with Crippen molar-refractivity contribution in [3.63, 3.8) is 0 Å². The Morgan fingerprint density at radius 1 is 1.26 bits per heavy atom. The highest BCUT2D eigenvalue weighted by Gasteiger charge is 2.26. The van der Waals surface area contributed by atoms with Gasteiger partial charge in [0.05, 0.1) is 10.5 Å². The quantitative estimate of drug-likeness (QED) is 0.834. The van der Waals surface area contributed by atoms with E-state index in [1.165, 1.54) is 12.8 Å². The summed E-state index contributed by atoms with van der Waals surface area (Å²) < 4.78 is 0. The molecule has 0 bridgehead atoms. The molecule has 100 valence electrons. The Labute approximate surface area is 123 Å².